The van der Waals surface area contributed by atoms with E-state index in [0.717, 1.165) is 0 Å². The number of hydrogen-bond acceptors (Lipinski definition) is 7. The third-order valence-electron chi connectivity index (χ3n) is 4.13. The van der Waals surface area contributed by atoms with Crippen molar-refractivity contribution in [3.63, 3.8) is 0 Å². The second-order valence-electron chi connectivity index (χ2n) is 5.37. The molecule has 0 spiro atoms. The molecule has 2 rings (SSSR count). The van der Waals surface area contributed by atoms with Crippen LogP contribution < -0.4 is 34.2 Å². The fraction of sp³-hybridized carbons (Fsp3) is 0.368. The minimum atomic E-state index is -0.637. The SMILES string of the molecule is COc1cc(OC)c(C(N)c2c(OC)cc(OC)cc2OC)c(OC)c1. The van der Waals surface area contributed by atoms with Crippen molar-refractivity contribution in [2.75, 3.05) is 42.7 Å². The predicted molar refractivity (Wildman–Crippen MR) is 98.2 cm³/mol. The summed E-state index contributed by atoms with van der Waals surface area (Å²) in [6, 6.07) is 6.36. The molecule has 0 aliphatic heterocycles. The molecule has 0 aliphatic rings. The lowest BCUT2D eigenvalue weighted by atomic mass is 9.95. The summed E-state index contributed by atoms with van der Waals surface area (Å²) >= 11 is 0. The first kappa shape index (κ1) is 19.5. The second-order valence-corrected chi connectivity index (χ2v) is 5.37. The molecule has 7 heteroatoms. The second kappa shape index (κ2) is 8.53. The van der Waals surface area contributed by atoms with E-state index in [1.807, 2.05) is 0 Å². The molecule has 0 saturated carbocycles. The molecule has 2 N–H and O–H groups in total. The average Bonchev–Trinajstić information content (AvgIpc) is 2.70. The van der Waals surface area contributed by atoms with Gasteiger partial charge in [-0.3, -0.25) is 0 Å². The van der Waals surface area contributed by atoms with E-state index in [0.29, 0.717) is 45.6 Å². The fourth-order valence-electron chi connectivity index (χ4n) is 2.82. The van der Waals surface area contributed by atoms with E-state index in [1.54, 1.807) is 66.9 Å². The van der Waals surface area contributed by atoms with Crippen molar-refractivity contribution in [2.24, 2.45) is 5.73 Å². The minimum absolute atomic E-state index is 0.536. The van der Waals surface area contributed by atoms with Crippen molar-refractivity contribution < 1.29 is 28.4 Å². The lowest BCUT2D eigenvalue weighted by Gasteiger charge is -2.24. The first-order chi connectivity index (χ1) is 12.5. The summed E-state index contributed by atoms with van der Waals surface area (Å²) in [4.78, 5) is 0. The molecule has 0 amide bonds. The normalized spacial score (nSPS) is 10.5. The van der Waals surface area contributed by atoms with Crippen LogP contribution in [0.3, 0.4) is 0 Å². The summed E-state index contributed by atoms with van der Waals surface area (Å²) < 4.78 is 32.7. The zero-order valence-electron chi connectivity index (χ0n) is 15.9. The Labute approximate surface area is 153 Å². The first-order valence-corrected chi connectivity index (χ1v) is 7.89. The van der Waals surface area contributed by atoms with Crippen LogP contribution in [0, 0.1) is 0 Å². The van der Waals surface area contributed by atoms with Crippen molar-refractivity contribution in [1.82, 2.24) is 0 Å². The molecule has 142 valence electrons. The quantitative estimate of drug-likeness (QED) is 0.772. The highest BCUT2D eigenvalue weighted by molar-refractivity contribution is 5.60. The molecule has 2 aromatic rings. The highest BCUT2D eigenvalue weighted by Gasteiger charge is 2.27. The standard InChI is InChI=1S/C19H25NO6/c1-21-11-7-13(23-3)17(14(8-11)24-4)19(20)18-15(25-5)9-12(22-2)10-16(18)26-6/h7-10,19H,20H2,1-6H3. The van der Waals surface area contributed by atoms with Crippen LogP contribution >= 0.6 is 0 Å². The van der Waals surface area contributed by atoms with E-state index in [-0.39, 0.29) is 0 Å². The van der Waals surface area contributed by atoms with Crippen LogP contribution in [0.5, 0.6) is 34.5 Å². The van der Waals surface area contributed by atoms with Crippen LogP contribution in [-0.2, 0) is 0 Å². The fourth-order valence-corrected chi connectivity index (χ4v) is 2.82. The van der Waals surface area contributed by atoms with Gasteiger partial charge in [-0.1, -0.05) is 0 Å². The number of rotatable bonds is 8. The molecule has 0 bridgehead atoms. The van der Waals surface area contributed by atoms with Crippen molar-refractivity contribution in [2.45, 2.75) is 6.04 Å². The summed E-state index contributed by atoms with van der Waals surface area (Å²) in [6.07, 6.45) is 0. The van der Waals surface area contributed by atoms with Gasteiger partial charge < -0.3 is 34.2 Å². The topological polar surface area (TPSA) is 81.4 Å². The molecule has 0 aromatic heterocycles. The van der Waals surface area contributed by atoms with E-state index in [2.05, 4.69) is 0 Å². The summed E-state index contributed by atoms with van der Waals surface area (Å²) in [5, 5.41) is 0. The molecule has 0 fully saturated rings. The molecule has 7 nitrogen and oxygen atoms in total. The number of nitrogens with two attached hydrogens (primary N) is 1. The van der Waals surface area contributed by atoms with Crippen molar-refractivity contribution in [3.05, 3.63) is 35.4 Å². The molecular formula is C19H25NO6. The highest BCUT2D eigenvalue weighted by atomic mass is 16.5. The van der Waals surface area contributed by atoms with Gasteiger partial charge in [-0.25, -0.2) is 0 Å². The van der Waals surface area contributed by atoms with Crippen LogP contribution in [0.25, 0.3) is 0 Å². The summed E-state index contributed by atoms with van der Waals surface area (Å²) in [6.45, 7) is 0. The minimum Gasteiger partial charge on any atom is -0.496 e. The Morgan fingerprint density at radius 3 is 1.00 bits per heavy atom. The maximum atomic E-state index is 6.60. The Kier molecular flexibility index (Phi) is 6.41. The summed E-state index contributed by atoms with van der Waals surface area (Å²) in [5.41, 5.74) is 7.90. The number of benzene rings is 2. The Balaban J connectivity index is 2.71. The van der Waals surface area contributed by atoms with Gasteiger partial charge in [0.1, 0.15) is 34.5 Å². The van der Waals surface area contributed by atoms with E-state index in [9.17, 15) is 0 Å². The smallest absolute Gasteiger partial charge is 0.131 e. The third kappa shape index (κ3) is 3.57. The van der Waals surface area contributed by atoms with Gasteiger partial charge in [-0.15, -0.1) is 0 Å². The Morgan fingerprint density at radius 2 is 0.808 bits per heavy atom. The molecule has 2 aromatic carbocycles. The van der Waals surface area contributed by atoms with Gasteiger partial charge in [0.05, 0.1) is 59.8 Å². The molecule has 0 unspecified atom stereocenters. The van der Waals surface area contributed by atoms with E-state index >= 15 is 0 Å². The van der Waals surface area contributed by atoms with E-state index in [4.69, 9.17) is 34.2 Å². The summed E-state index contributed by atoms with van der Waals surface area (Å²) in [5.74, 6) is 3.34. The van der Waals surface area contributed by atoms with Gasteiger partial charge in [0.25, 0.3) is 0 Å². The van der Waals surface area contributed by atoms with Crippen molar-refractivity contribution in [1.29, 1.82) is 0 Å². The van der Waals surface area contributed by atoms with Gasteiger partial charge in [-0.2, -0.15) is 0 Å². The maximum Gasteiger partial charge on any atom is 0.131 e. The average molecular weight is 363 g/mol. The third-order valence-corrected chi connectivity index (χ3v) is 4.13. The number of hydrogen-bond donors (Lipinski definition) is 1. The monoisotopic (exact) mass is 363 g/mol. The Morgan fingerprint density at radius 1 is 0.538 bits per heavy atom. The van der Waals surface area contributed by atoms with Crippen LogP contribution in [0.2, 0.25) is 0 Å². The molecule has 0 radical (unpaired) electrons. The predicted octanol–water partition coefficient (Wildman–Crippen LogP) is 2.79. The van der Waals surface area contributed by atoms with Gasteiger partial charge >= 0.3 is 0 Å². The van der Waals surface area contributed by atoms with Crippen LogP contribution in [0.1, 0.15) is 17.2 Å². The number of methoxy groups -OCH3 is 6. The van der Waals surface area contributed by atoms with E-state index < -0.39 is 6.04 Å². The molecule has 0 aliphatic carbocycles. The molecule has 0 heterocycles. The Bertz CT molecular complexity index is 648. The zero-order chi connectivity index (χ0) is 19.3. The molecule has 26 heavy (non-hydrogen) atoms. The summed E-state index contributed by atoms with van der Waals surface area (Å²) in [7, 11) is 9.40. The molecule has 0 atom stereocenters. The lowest BCUT2D eigenvalue weighted by molar-refractivity contribution is 0.356. The van der Waals surface area contributed by atoms with E-state index in [1.165, 1.54) is 0 Å². The van der Waals surface area contributed by atoms with Gasteiger partial charge in [0.15, 0.2) is 0 Å². The van der Waals surface area contributed by atoms with Crippen LogP contribution in [-0.4, -0.2) is 42.7 Å². The highest BCUT2D eigenvalue weighted by Crippen LogP contribution is 2.45. The Hall–Kier alpha value is -2.80. The first-order valence-electron chi connectivity index (χ1n) is 7.89. The lowest BCUT2D eigenvalue weighted by Crippen LogP contribution is -2.17. The van der Waals surface area contributed by atoms with Crippen LogP contribution in [0.15, 0.2) is 24.3 Å². The molecular weight excluding hydrogens is 338 g/mol. The molecule has 0 saturated heterocycles. The van der Waals surface area contributed by atoms with Gasteiger partial charge in [0, 0.05) is 24.3 Å². The zero-order valence-corrected chi connectivity index (χ0v) is 15.9. The van der Waals surface area contributed by atoms with Crippen molar-refractivity contribution in [3.8, 4) is 34.5 Å². The van der Waals surface area contributed by atoms with Crippen LogP contribution in [0.4, 0.5) is 0 Å². The maximum absolute atomic E-state index is 6.60. The number of ether oxygens (including phenoxy) is 6. The van der Waals surface area contributed by atoms with Gasteiger partial charge in [-0.05, 0) is 0 Å². The van der Waals surface area contributed by atoms with Crippen molar-refractivity contribution >= 4 is 0 Å². The van der Waals surface area contributed by atoms with Gasteiger partial charge in [0.2, 0.25) is 0 Å². The largest absolute Gasteiger partial charge is 0.496 e.